The Morgan fingerprint density at radius 1 is 1.03 bits per heavy atom. The van der Waals surface area contributed by atoms with E-state index in [1.807, 2.05) is 45.3 Å². The molecule has 0 atom stereocenters. The minimum atomic E-state index is -0.287. The molecule has 0 aliphatic heterocycles. The van der Waals surface area contributed by atoms with Gasteiger partial charge in [-0.25, -0.2) is 9.97 Å². The van der Waals surface area contributed by atoms with Crippen molar-refractivity contribution in [2.24, 2.45) is 0 Å². The minimum absolute atomic E-state index is 0.287. The highest BCUT2D eigenvalue weighted by Crippen LogP contribution is 2.28. The Labute approximate surface area is 202 Å². The summed E-state index contributed by atoms with van der Waals surface area (Å²) in [5.41, 5.74) is 3.41. The zero-order valence-corrected chi connectivity index (χ0v) is 20.1. The molecule has 7 nitrogen and oxygen atoms in total. The Morgan fingerprint density at radius 2 is 1.70 bits per heavy atom. The second kappa shape index (κ2) is 9.79. The third kappa shape index (κ3) is 5.11. The molecule has 170 valence electrons. The van der Waals surface area contributed by atoms with E-state index in [0.29, 0.717) is 32.6 Å². The normalized spacial score (nSPS) is 11.2. The van der Waals surface area contributed by atoms with Crippen molar-refractivity contribution in [2.45, 2.75) is 6.92 Å². The number of rotatable bonds is 7. The molecule has 9 heteroatoms. The van der Waals surface area contributed by atoms with Crippen molar-refractivity contribution in [1.29, 1.82) is 0 Å². The van der Waals surface area contributed by atoms with Gasteiger partial charge in [-0.2, -0.15) is 0 Å². The quantitative estimate of drug-likeness (QED) is 0.381. The summed E-state index contributed by atoms with van der Waals surface area (Å²) in [5, 5.41) is 7.74. The first-order chi connectivity index (χ1) is 15.8. The van der Waals surface area contributed by atoms with E-state index in [1.54, 1.807) is 24.4 Å². The molecule has 2 N–H and O–H groups in total. The number of pyridine rings is 1. The van der Waals surface area contributed by atoms with Crippen LogP contribution in [0.25, 0.3) is 16.6 Å². The van der Waals surface area contributed by atoms with Crippen molar-refractivity contribution in [3.63, 3.8) is 0 Å². The largest absolute Gasteiger partial charge is 0.384 e. The first kappa shape index (κ1) is 23.0. The molecule has 0 fully saturated rings. The first-order valence-electron chi connectivity index (χ1n) is 10.4. The van der Waals surface area contributed by atoms with Gasteiger partial charge in [-0.05, 0) is 63.0 Å². The van der Waals surface area contributed by atoms with Gasteiger partial charge in [0.05, 0.1) is 26.6 Å². The van der Waals surface area contributed by atoms with Crippen molar-refractivity contribution in [2.75, 3.05) is 37.8 Å². The number of nitrogens with one attached hydrogen (secondary N) is 2. The van der Waals surface area contributed by atoms with Gasteiger partial charge in [0.25, 0.3) is 5.56 Å². The number of nitrogens with zero attached hydrogens (tertiary/aromatic N) is 4. The number of likely N-dealkylation sites (N-methyl/N-ethyl adjacent to an activating group) is 1. The summed E-state index contributed by atoms with van der Waals surface area (Å²) in [6.45, 7) is 3.70. The summed E-state index contributed by atoms with van der Waals surface area (Å²) in [6, 6.07) is 13.0. The van der Waals surface area contributed by atoms with E-state index in [1.165, 1.54) is 10.8 Å². The molecule has 0 saturated carbocycles. The number of aromatic nitrogens is 3. The molecule has 2 aromatic heterocycles. The van der Waals surface area contributed by atoms with Gasteiger partial charge in [-0.3, -0.25) is 9.36 Å². The number of anilines is 3. The van der Waals surface area contributed by atoms with Crippen molar-refractivity contribution < 1.29 is 0 Å². The molecule has 2 aromatic carbocycles. The number of para-hydroxylation sites is 1. The Bertz CT molecular complexity index is 1330. The Balaban J connectivity index is 1.60. The Kier molecular flexibility index (Phi) is 6.83. The van der Waals surface area contributed by atoms with Crippen LogP contribution in [-0.2, 0) is 0 Å². The molecular weight excluding hydrogens is 459 g/mol. The SMILES string of the molecule is Cc1cn(-c2c(Cl)cccc2Cl)c(=O)c2cnc(Nc3ccc(NCCN(C)C)cc3)nc12. The van der Waals surface area contributed by atoms with E-state index in [-0.39, 0.29) is 5.56 Å². The molecule has 0 amide bonds. The standard InChI is InChI=1S/C24H24Cl2N6O/c1-15-14-32(22-19(25)5-4-6-20(22)26)23(33)18-13-28-24(30-21(15)18)29-17-9-7-16(8-10-17)27-11-12-31(2)3/h4-10,13-14,27H,11-12H2,1-3H3,(H,28,29,30). The lowest BCUT2D eigenvalue weighted by atomic mass is 10.2. The summed E-state index contributed by atoms with van der Waals surface area (Å²) in [4.78, 5) is 24.2. The molecule has 0 aliphatic rings. The third-order valence-electron chi connectivity index (χ3n) is 5.14. The van der Waals surface area contributed by atoms with Gasteiger partial charge in [0.2, 0.25) is 5.95 Å². The van der Waals surface area contributed by atoms with Crippen LogP contribution >= 0.6 is 23.2 Å². The van der Waals surface area contributed by atoms with Crippen LogP contribution in [0.2, 0.25) is 10.0 Å². The highest BCUT2D eigenvalue weighted by atomic mass is 35.5. The van der Waals surface area contributed by atoms with Gasteiger partial charge >= 0.3 is 0 Å². The van der Waals surface area contributed by atoms with Gasteiger partial charge in [0, 0.05) is 36.9 Å². The van der Waals surface area contributed by atoms with Crippen LogP contribution in [0.3, 0.4) is 0 Å². The van der Waals surface area contributed by atoms with E-state index >= 15 is 0 Å². The fourth-order valence-corrected chi connectivity index (χ4v) is 4.03. The fraction of sp³-hybridized carbons (Fsp3) is 0.208. The number of fused-ring (bicyclic) bond motifs is 1. The van der Waals surface area contributed by atoms with Crippen LogP contribution in [-0.4, -0.2) is 46.6 Å². The Hall–Kier alpha value is -3.13. The summed E-state index contributed by atoms with van der Waals surface area (Å²) >= 11 is 12.6. The number of halogens is 2. The summed E-state index contributed by atoms with van der Waals surface area (Å²) < 4.78 is 1.45. The molecular formula is C24H24Cl2N6O. The monoisotopic (exact) mass is 482 g/mol. The molecule has 2 heterocycles. The van der Waals surface area contributed by atoms with Crippen molar-refractivity contribution in [3.05, 3.63) is 80.8 Å². The lowest BCUT2D eigenvalue weighted by Gasteiger charge is -2.13. The average Bonchev–Trinajstić information content (AvgIpc) is 2.78. The number of benzene rings is 2. The predicted molar refractivity (Wildman–Crippen MR) is 137 cm³/mol. The Morgan fingerprint density at radius 3 is 2.36 bits per heavy atom. The zero-order valence-electron chi connectivity index (χ0n) is 18.6. The van der Waals surface area contributed by atoms with Crippen LogP contribution in [0, 0.1) is 6.92 Å². The second-order valence-corrected chi connectivity index (χ2v) is 8.76. The van der Waals surface area contributed by atoms with Crippen LogP contribution in [0.1, 0.15) is 5.56 Å². The van der Waals surface area contributed by atoms with Crippen molar-refractivity contribution in [3.8, 4) is 5.69 Å². The van der Waals surface area contributed by atoms with E-state index in [9.17, 15) is 4.79 Å². The van der Waals surface area contributed by atoms with Gasteiger partial charge < -0.3 is 15.5 Å². The van der Waals surface area contributed by atoms with Gasteiger partial charge in [-0.15, -0.1) is 0 Å². The number of hydrogen-bond acceptors (Lipinski definition) is 6. The zero-order chi connectivity index (χ0) is 23.5. The highest BCUT2D eigenvalue weighted by Gasteiger charge is 2.15. The van der Waals surface area contributed by atoms with E-state index in [4.69, 9.17) is 23.2 Å². The van der Waals surface area contributed by atoms with Crippen LogP contribution in [0.15, 0.2) is 59.7 Å². The molecule has 4 rings (SSSR count). The molecule has 0 radical (unpaired) electrons. The fourth-order valence-electron chi connectivity index (χ4n) is 3.45. The van der Waals surface area contributed by atoms with Crippen molar-refractivity contribution in [1.82, 2.24) is 19.4 Å². The van der Waals surface area contributed by atoms with Gasteiger partial charge in [-0.1, -0.05) is 29.3 Å². The van der Waals surface area contributed by atoms with Gasteiger partial charge in [0.1, 0.15) is 0 Å². The maximum Gasteiger partial charge on any atom is 0.266 e. The molecule has 4 aromatic rings. The van der Waals surface area contributed by atoms with E-state index in [0.717, 1.165) is 30.0 Å². The summed E-state index contributed by atoms with van der Waals surface area (Å²) in [7, 11) is 4.09. The van der Waals surface area contributed by atoms with Crippen LogP contribution in [0.5, 0.6) is 0 Å². The molecule has 0 bridgehead atoms. The number of hydrogen-bond donors (Lipinski definition) is 2. The van der Waals surface area contributed by atoms with Crippen molar-refractivity contribution >= 4 is 51.4 Å². The summed E-state index contributed by atoms with van der Waals surface area (Å²) in [5.74, 6) is 0.409. The topological polar surface area (TPSA) is 75.1 Å². The maximum absolute atomic E-state index is 13.2. The first-order valence-corrected chi connectivity index (χ1v) is 11.2. The molecule has 0 aliphatic carbocycles. The lowest BCUT2D eigenvalue weighted by Crippen LogP contribution is -2.20. The highest BCUT2D eigenvalue weighted by molar-refractivity contribution is 6.37. The van der Waals surface area contributed by atoms with Gasteiger partial charge in [0.15, 0.2) is 0 Å². The second-order valence-electron chi connectivity index (χ2n) is 7.95. The van der Waals surface area contributed by atoms with Crippen LogP contribution < -0.4 is 16.2 Å². The van der Waals surface area contributed by atoms with E-state index < -0.39 is 0 Å². The number of aryl methyl sites for hydroxylation is 1. The van der Waals surface area contributed by atoms with E-state index in [2.05, 4.69) is 25.5 Å². The predicted octanol–water partition coefficient (Wildman–Crippen LogP) is 5.11. The molecule has 33 heavy (non-hydrogen) atoms. The minimum Gasteiger partial charge on any atom is -0.384 e. The summed E-state index contributed by atoms with van der Waals surface area (Å²) in [6.07, 6.45) is 3.22. The average molecular weight is 483 g/mol. The molecule has 0 unspecified atom stereocenters. The molecule has 0 saturated heterocycles. The third-order valence-corrected chi connectivity index (χ3v) is 5.75. The lowest BCUT2D eigenvalue weighted by molar-refractivity contribution is 0.425. The smallest absolute Gasteiger partial charge is 0.266 e. The molecule has 0 spiro atoms. The maximum atomic E-state index is 13.2. The van der Waals surface area contributed by atoms with Crippen LogP contribution in [0.4, 0.5) is 17.3 Å².